The number of rotatable bonds is 0. The fraction of sp³-hybridized carbons (Fsp3) is 0.500. The summed E-state index contributed by atoms with van der Waals surface area (Å²) >= 11 is 28.3. The van der Waals surface area contributed by atoms with Crippen LogP contribution in [0, 0.1) is 0 Å². The second-order valence-electron chi connectivity index (χ2n) is 1.89. The van der Waals surface area contributed by atoms with Crippen molar-refractivity contribution in [2.75, 3.05) is 0 Å². The maximum Gasteiger partial charge on any atom is 0.255 e. The van der Waals surface area contributed by atoms with E-state index in [1.165, 1.54) is 12.4 Å². The van der Waals surface area contributed by atoms with Gasteiger partial charge in [-0.05, 0) is 0 Å². The van der Waals surface area contributed by atoms with Crippen LogP contribution in [0.1, 0.15) is 0 Å². The van der Waals surface area contributed by atoms with Crippen molar-refractivity contribution in [2.24, 2.45) is 0 Å². The molecule has 0 saturated heterocycles. The van der Waals surface area contributed by atoms with Crippen molar-refractivity contribution >= 4 is 58.2 Å². The van der Waals surface area contributed by atoms with Gasteiger partial charge in [0.15, 0.2) is 0 Å². The Morgan fingerprint density at radius 1 is 1.17 bits per heavy atom. The van der Waals surface area contributed by atoms with Gasteiger partial charge in [-0.2, -0.15) is 0 Å². The summed E-state index contributed by atoms with van der Waals surface area (Å²) in [5, 5.41) is 2.54. The average molecular weight is 449 g/mol. The van der Waals surface area contributed by atoms with Crippen LogP contribution in [0.4, 0.5) is 0 Å². The number of hydrogen-bond donors (Lipinski definition) is 1. The van der Waals surface area contributed by atoms with Gasteiger partial charge >= 0.3 is 0 Å². The van der Waals surface area contributed by atoms with E-state index in [1.54, 1.807) is 0 Å². The zero-order valence-electron chi connectivity index (χ0n) is 5.33. The minimum atomic E-state index is -1.59. The van der Waals surface area contributed by atoms with Gasteiger partial charge in [-0.25, -0.2) is 0 Å². The molecule has 0 fully saturated rings. The minimum absolute atomic E-state index is 0. The Kier molecular flexibility index (Phi) is 4.82. The topological polar surface area (TPSA) is 15.3 Å². The van der Waals surface area contributed by atoms with Crippen LogP contribution in [0.15, 0.2) is 12.4 Å². The number of alkyl halides is 4. The second-order valence-corrected chi connectivity index (χ2v) is 4.87. The number of nitrogens with zero attached hydrogens (tertiary/aromatic N) is 1. The zero-order chi connectivity index (χ0) is 8.70. The Morgan fingerprint density at radius 2 is 1.67 bits per heavy atom. The third kappa shape index (κ3) is 2.27. The molecule has 0 aromatic rings. The van der Waals surface area contributed by atoms with Gasteiger partial charge in [-0.15, -0.1) is 0 Å². The van der Waals surface area contributed by atoms with Crippen molar-refractivity contribution in [2.45, 2.75) is 8.91 Å². The first kappa shape index (κ1) is 13.4. The molecule has 0 saturated carbocycles. The van der Waals surface area contributed by atoms with E-state index in [-0.39, 0.29) is 20.1 Å². The second kappa shape index (κ2) is 4.31. The van der Waals surface area contributed by atoms with E-state index in [0.29, 0.717) is 0 Å². The standard InChI is InChI=1S/C4H3Cl5N2.Ir/c5-3(6)4(7,8)11(9)2-1-10-3;/h1-2,10H;. The Bertz CT molecular complexity index is 194. The van der Waals surface area contributed by atoms with Crippen LogP contribution >= 0.6 is 58.2 Å². The smallest absolute Gasteiger partial charge is 0.255 e. The molecule has 1 aliphatic heterocycles. The van der Waals surface area contributed by atoms with E-state index < -0.39 is 8.91 Å². The molecular formula is C4H3Cl5IrN2. The Balaban J connectivity index is 0.00000121. The van der Waals surface area contributed by atoms with Crippen LogP contribution in [0.5, 0.6) is 0 Å². The van der Waals surface area contributed by atoms with Crippen LogP contribution in [-0.4, -0.2) is 13.3 Å². The minimum Gasteiger partial charge on any atom is -0.355 e. The van der Waals surface area contributed by atoms with Gasteiger partial charge in [0.2, 0.25) is 4.46 Å². The van der Waals surface area contributed by atoms with Gasteiger partial charge < -0.3 is 5.32 Å². The molecule has 1 heterocycles. The van der Waals surface area contributed by atoms with E-state index in [2.05, 4.69) is 5.32 Å². The third-order valence-electron chi connectivity index (χ3n) is 1.12. The van der Waals surface area contributed by atoms with Crippen molar-refractivity contribution in [3.63, 3.8) is 0 Å². The Labute approximate surface area is 109 Å². The molecule has 1 radical (unpaired) electrons. The average Bonchev–Trinajstić information content (AvgIpc) is 1.84. The molecule has 0 amide bonds. The first-order valence-electron chi connectivity index (χ1n) is 2.53. The van der Waals surface area contributed by atoms with Gasteiger partial charge in [0.1, 0.15) is 0 Å². The molecule has 1 aliphatic rings. The summed E-state index contributed by atoms with van der Waals surface area (Å²) in [5.74, 6) is 0. The number of hydrogen-bond acceptors (Lipinski definition) is 2. The van der Waals surface area contributed by atoms with E-state index in [0.717, 1.165) is 4.42 Å². The molecule has 0 bridgehead atoms. The van der Waals surface area contributed by atoms with Crippen LogP contribution in [0.3, 0.4) is 0 Å². The molecule has 1 N–H and O–H groups in total. The molecule has 2 nitrogen and oxygen atoms in total. The van der Waals surface area contributed by atoms with E-state index in [1.807, 2.05) is 0 Å². The summed E-state index contributed by atoms with van der Waals surface area (Å²) in [4.78, 5) is 0. The Morgan fingerprint density at radius 3 is 2.00 bits per heavy atom. The van der Waals surface area contributed by atoms with Gasteiger partial charge in [-0.3, -0.25) is 4.42 Å². The molecule has 0 aromatic carbocycles. The maximum atomic E-state index is 5.70. The van der Waals surface area contributed by atoms with E-state index >= 15 is 0 Å². The number of halogens is 5. The van der Waals surface area contributed by atoms with Gasteiger partial charge in [0, 0.05) is 44.3 Å². The van der Waals surface area contributed by atoms with Crippen molar-refractivity contribution < 1.29 is 20.1 Å². The predicted octanol–water partition coefficient (Wildman–Crippen LogP) is 2.78. The summed E-state index contributed by atoms with van der Waals surface area (Å²) in [7, 11) is 0. The first-order valence-corrected chi connectivity index (χ1v) is 4.38. The molecule has 0 atom stereocenters. The monoisotopic (exact) mass is 447 g/mol. The molecule has 12 heavy (non-hydrogen) atoms. The molecule has 1 rings (SSSR count). The molecule has 0 spiro atoms. The summed E-state index contributed by atoms with van der Waals surface area (Å²) in [6, 6.07) is 0. The van der Waals surface area contributed by atoms with Crippen LogP contribution in [-0.2, 0) is 20.1 Å². The summed E-state index contributed by atoms with van der Waals surface area (Å²) in [6.07, 6.45) is 2.85. The Hall–Kier alpha value is 1.44. The zero-order valence-corrected chi connectivity index (χ0v) is 11.5. The van der Waals surface area contributed by atoms with Crippen LogP contribution in [0.2, 0.25) is 0 Å². The molecule has 0 aliphatic carbocycles. The van der Waals surface area contributed by atoms with Crippen LogP contribution in [0.25, 0.3) is 0 Å². The molecular weight excluding hydrogens is 446 g/mol. The third-order valence-corrected chi connectivity index (χ3v) is 3.74. The quantitative estimate of drug-likeness (QED) is 0.348. The maximum absolute atomic E-state index is 5.70. The van der Waals surface area contributed by atoms with Gasteiger partial charge in [0.25, 0.3) is 4.46 Å². The molecule has 73 valence electrons. The normalized spacial score (nSPS) is 24.2. The van der Waals surface area contributed by atoms with Crippen LogP contribution < -0.4 is 5.32 Å². The van der Waals surface area contributed by atoms with Crippen molar-refractivity contribution in [1.82, 2.24) is 9.74 Å². The summed E-state index contributed by atoms with van der Waals surface area (Å²) in [5.41, 5.74) is 0. The molecule has 8 heteroatoms. The van der Waals surface area contributed by atoms with Crippen molar-refractivity contribution in [1.29, 1.82) is 0 Å². The van der Waals surface area contributed by atoms with Crippen molar-refractivity contribution in [3.05, 3.63) is 12.4 Å². The van der Waals surface area contributed by atoms with E-state index in [9.17, 15) is 0 Å². The van der Waals surface area contributed by atoms with E-state index in [4.69, 9.17) is 58.2 Å². The SMILES string of the molecule is ClN1C=CNC(Cl)(Cl)C1(Cl)Cl.[Ir]. The summed E-state index contributed by atoms with van der Waals surface area (Å²) in [6.45, 7) is 0. The fourth-order valence-corrected chi connectivity index (χ4v) is 1.32. The van der Waals surface area contributed by atoms with Gasteiger partial charge in [-0.1, -0.05) is 46.4 Å². The molecule has 0 aromatic heterocycles. The van der Waals surface area contributed by atoms with Crippen molar-refractivity contribution in [3.8, 4) is 0 Å². The predicted molar refractivity (Wildman–Crippen MR) is 48.8 cm³/mol. The number of nitrogens with one attached hydrogen (secondary N) is 1. The molecule has 0 unspecified atom stereocenters. The fourth-order valence-electron chi connectivity index (χ4n) is 0.522. The largest absolute Gasteiger partial charge is 0.355 e. The summed E-state index contributed by atoms with van der Waals surface area (Å²) < 4.78 is -2.13. The van der Waals surface area contributed by atoms with Gasteiger partial charge in [0.05, 0.1) is 0 Å². The first-order chi connectivity index (χ1) is 4.88.